The van der Waals surface area contributed by atoms with Gasteiger partial charge in [-0.2, -0.15) is 17.4 Å². The Kier molecular flexibility index (Phi) is 4.91. The van der Waals surface area contributed by atoms with E-state index < -0.39 is 10.2 Å². The molecule has 0 saturated carbocycles. The maximum Gasteiger partial charge on any atom is 0.280 e. The lowest BCUT2D eigenvalue weighted by molar-refractivity contribution is 0.154. The fraction of sp³-hybridized carbons (Fsp3) is 0.727. The summed E-state index contributed by atoms with van der Waals surface area (Å²) in [4.78, 5) is 5.01. The molecule has 0 radical (unpaired) electrons. The Morgan fingerprint density at radius 1 is 1.58 bits per heavy atom. The van der Waals surface area contributed by atoms with Gasteiger partial charge in [-0.1, -0.05) is 6.42 Å². The van der Waals surface area contributed by atoms with Crippen molar-refractivity contribution in [2.24, 2.45) is 0 Å². The van der Waals surface area contributed by atoms with Crippen molar-refractivity contribution < 1.29 is 13.5 Å². The molecule has 0 amide bonds. The minimum Gasteiger partial charge on any atom is -0.395 e. The molecule has 1 unspecified atom stereocenters. The van der Waals surface area contributed by atoms with E-state index in [-0.39, 0.29) is 19.2 Å². The lowest BCUT2D eigenvalue weighted by atomic mass is 10.1. The summed E-state index contributed by atoms with van der Waals surface area (Å²) in [5.74, 6) is 0. The molecule has 1 atom stereocenters. The van der Waals surface area contributed by atoms with Crippen molar-refractivity contribution in [3.8, 4) is 0 Å². The van der Waals surface area contributed by atoms with Crippen LogP contribution in [0.4, 0.5) is 0 Å². The van der Waals surface area contributed by atoms with Gasteiger partial charge in [-0.3, -0.25) is 0 Å². The summed E-state index contributed by atoms with van der Waals surface area (Å²) < 4.78 is 28.5. The normalized spacial score (nSPS) is 21.7. The molecule has 19 heavy (non-hydrogen) atoms. The van der Waals surface area contributed by atoms with Crippen LogP contribution in [0.15, 0.2) is 5.51 Å². The second kappa shape index (κ2) is 6.27. The average Bonchev–Trinajstić information content (AvgIpc) is 2.82. The molecule has 8 heteroatoms. The summed E-state index contributed by atoms with van der Waals surface area (Å²) in [6, 6.07) is -0.297. The summed E-state index contributed by atoms with van der Waals surface area (Å²) in [6.45, 7) is 2.47. The lowest BCUT2D eigenvalue weighted by Crippen LogP contribution is -2.50. The van der Waals surface area contributed by atoms with E-state index in [1.54, 1.807) is 5.51 Å². The topological polar surface area (TPSA) is 82.5 Å². The summed E-state index contributed by atoms with van der Waals surface area (Å²) in [7, 11) is -3.54. The second-order valence-corrected chi connectivity index (χ2v) is 7.28. The van der Waals surface area contributed by atoms with Crippen LogP contribution in [0.1, 0.15) is 29.8 Å². The lowest BCUT2D eigenvalue weighted by Gasteiger charge is -2.33. The van der Waals surface area contributed by atoms with Gasteiger partial charge in [0.2, 0.25) is 0 Å². The monoisotopic (exact) mass is 305 g/mol. The molecule has 2 heterocycles. The smallest absolute Gasteiger partial charge is 0.280 e. The zero-order valence-electron chi connectivity index (χ0n) is 10.9. The van der Waals surface area contributed by atoms with Gasteiger partial charge in [0, 0.05) is 24.0 Å². The molecular formula is C11H19N3O3S2. The van der Waals surface area contributed by atoms with Crippen LogP contribution in [0.25, 0.3) is 0 Å². The molecule has 108 valence electrons. The van der Waals surface area contributed by atoms with Crippen molar-refractivity contribution in [1.82, 2.24) is 14.0 Å². The number of aliphatic hydroxyl groups is 1. The third kappa shape index (κ3) is 3.51. The highest BCUT2D eigenvalue weighted by Gasteiger charge is 2.31. The van der Waals surface area contributed by atoms with Gasteiger partial charge in [0.15, 0.2) is 0 Å². The van der Waals surface area contributed by atoms with E-state index in [2.05, 4.69) is 9.71 Å². The van der Waals surface area contributed by atoms with Crippen LogP contribution in [-0.2, 0) is 16.8 Å². The van der Waals surface area contributed by atoms with E-state index >= 15 is 0 Å². The molecule has 0 bridgehead atoms. The van der Waals surface area contributed by atoms with E-state index in [0.29, 0.717) is 6.54 Å². The van der Waals surface area contributed by atoms with Crippen LogP contribution in [0, 0.1) is 6.92 Å². The minimum absolute atomic E-state index is 0.125. The van der Waals surface area contributed by atoms with Gasteiger partial charge in [0.1, 0.15) is 0 Å². The van der Waals surface area contributed by atoms with Gasteiger partial charge in [0.05, 0.1) is 17.8 Å². The number of hydrogen-bond donors (Lipinski definition) is 2. The van der Waals surface area contributed by atoms with Crippen LogP contribution >= 0.6 is 11.3 Å². The number of hydrogen-bond acceptors (Lipinski definition) is 5. The van der Waals surface area contributed by atoms with Crippen LogP contribution in [0.3, 0.4) is 0 Å². The van der Waals surface area contributed by atoms with E-state index in [4.69, 9.17) is 0 Å². The van der Waals surface area contributed by atoms with E-state index in [0.717, 1.165) is 29.8 Å². The zero-order chi connectivity index (χ0) is 13.9. The molecule has 1 aliphatic heterocycles. The minimum atomic E-state index is -3.54. The van der Waals surface area contributed by atoms with Crippen LogP contribution < -0.4 is 4.72 Å². The van der Waals surface area contributed by atoms with Gasteiger partial charge in [-0.15, -0.1) is 11.3 Å². The Balaban J connectivity index is 2.03. The molecule has 0 aliphatic carbocycles. The molecule has 0 aromatic carbocycles. The average molecular weight is 305 g/mol. The van der Waals surface area contributed by atoms with Gasteiger partial charge in [0.25, 0.3) is 10.2 Å². The SMILES string of the molecule is Cc1ncsc1CNS(=O)(=O)N1CCCCC1CO. The Morgan fingerprint density at radius 3 is 3.00 bits per heavy atom. The molecule has 1 aromatic rings. The number of piperidine rings is 1. The molecule has 1 fully saturated rings. The summed E-state index contributed by atoms with van der Waals surface area (Å²) in [5, 5.41) is 9.28. The molecule has 1 aromatic heterocycles. The number of rotatable bonds is 5. The highest BCUT2D eigenvalue weighted by atomic mass is 32.2. The molecule has 2 rings (SSSR count). The van der Waals surface area contributed by atoms with Gasteiger partial charge in [-0.05, 0) is 19.8 Å². The predicted molar refractivity (Wildman–Crippen MR) is 74.0 cm³/mol. The zero-order valence-corrected chi connectivity index (χ0v) is 12.5. The maximum atomic E-state index is 12.2. The van der Waals surface area contributed by atoms with Crippen molar-refractivity contribution in [2.45, 2.75) is 38.8 Å². The summed E-state index contributed by atoms with van der Waals surface area (Å²) >= 11 is 1.44. The Labute approximate surface area is 117 Å². The van der Waals surface area contributed by atoms with Crippen LogP contribution in [0.2, 0.25) is 0 Å². The first-order valence-electron chi connectivity index (χ1n) is 6.31. The number of nitrogens with zero attached hydrogens (tertiary/aromatic N) is 2. The Bertz CT molecular complexity index is 515. The maximum absolute atomic E-state index is 12.2. The van der Waals surface area contributed by atoms with Crippen molar-refractivity contribution in [3.63, 3.8) is 0 Å². The van der Waals surface area contributed by atoms with Crippen LogP contribution in [0.5, 0.6) is 0 Å². The van der Waals surface area contributed by atoms with Crippen molar-refractivity contribution in [1.29, 1.82) is 0 Å². The van der Waals surface area contributed by atoms with Crippen molar-refractivity contribution in [2.75, 3.05) is 13.2 Å². The predicted octanol–water partition coefficient (Wildman–Crippen LogP) is 0.633. The molecule has 1 saturated heterocycles. The summed E-state index contributed by atoms with van der Waals surface area (Å²) in [5.41, 5.74) is 2.56. The molecule has 2 N–H and O–H groups in total. The first-order chi connectivity index (χ1) is 9.04. The molecule has 1 aliphatic rings. The first kappa shape index (κ1) is 14.9. The largest absolute Gasteiger partial charge is 0.395 e. The van der Waals surface area contributed by atoms with Crippen molar-refractivity contribution in [3.05, 3.63) is 16.1 Å². The highest BCUT2D eigenvalue weighted by Crippen LogP contribution is 2.20. The molecular weight excluding hydrogens is 286 g/mol. The van der Waals surface area contributed by atoms with E-state index in [9.17, 15) is 13.5 Å². The number of thiazole rings is 1. The number of aromatic nitrogens is 1. The fourth-order valence-electron chi connectivity index (χ4n) is 2.21. The third-order valence-electron chi connectivity index (χ3n) is 3.35. The van der Waals surface area contributed by atoms with E-state index in [1.807, 2.05) is 6.92 Å². The van der Waals surface area contributed by atoms with Gasteiger partial charge < -0.3 is 5.11 Å². The number of nitrogens with one attached hydrogen (secondary N) is 1. The van der Waals surface area contributed by atoms with Gasteiger partial charge >= 0.3 is 0 Å². The quantitative estimate of drug-likeness (QED) is 0.836. The fourth-order valence-corrected chi connectivity index (χ4v) is 4.44. The van der Waals surface area contributed by atoms with E-state index in [1.165, 1.54) is 15.6 Å². The molecule has 0 spiro atoms. The van der Waals surface area contributed by atoms with Crippen molar-refractivity contribution >= 4 is 21.5 Å². The number of aliphatic hydroxyl groups excluding tert-OH is 1. The third-order valence-corrected chi connectivity index (χ3v) is 5.89. The standard InChI is InChI=1S/C11H19N3O3S2/c1-9-11(18-8-12-9)6-13-19(16,17)14-5-3-2-4-10(14)7-15/h8,10,13,15H,2-7H2,1H3. The highest BCUT2D eigenvalue weighted by molar-refractivity contribution is 7.87. The summed E-state index contributed by atoms with van der Waals surface area (Å²) in [6.07, 6.45) is 2.53. The van der Waals surface area contributed by atoms with Gasteiger partial charge in [-0.25, -0.2) is 4.98 Å². The molecule has 6 nitrogen and oxygen atoms in total. The van der Waals surface area contributed by atoms with Crippen LogP contribution in [-0.4, -0.2) is 42.0 Å². The first-order valence-corrected chi connectivity index (χ1v) is 8.63. The number of aryl methyl sites for hydroxylation is 1. The Morgan fingerprint density at radius 2 is 2.37 bits per heavy atom. The second-order valence-electron chi connectivity index (χ2n) is 4.63. The Hall–Kier alpha value is -0.540.